The molecule has 0 radical (unpaired) electrons. The monoisotopic (exact) mass is 598 g/mol. The molecule has 6 nitrogen and oxygen atoms in total. The lowest BCUT2D eigenvalue weighted by atomic mass is 9.81. The van der Waals surface area contributed by atoms with E-state index in [2.05, 4.69) is 0 Å². The van der Waals surface area contributed by atoms with E-state index >= 15 is 0 Å². The molecule has 7 aromatic rings. The van der Waals surface area contributed by atoms with Gasteiger partial charge in [0.2, 0.25) is 0 Å². The molecule has 220 valence electrons. The molecule has 0 aromatic heterocycles. The van der Waals surface area contributed by atoms with Crippen LogP contribution in [-0.4, -0.2) is 23.6 Å². The van der Waals surface area contributed by atoms with Crippen LogP contribution in [0, 0.1) is 27.7 Å². The lowest BCUT2D eigenvalue weighted by molar-refractivity contribution is 0.0876. The lowest BCUT2D eigenvalue weighted by Crippen LogP contribution is -2.41. The van der Waals surface area contributed by atoms with Gasteiger partial charge in [-0.15, -0.1) is 0 Å². The van der Waals surface area contributed by atoms with Crippen LogP contribution in [0.15, 0.2) is 84.9 Å². The summed E-state index contributed by atoms with van der Waals surface area (Å²) in [6, 6.07) is 26.4. The molecule has 0 unspecified atom stereocenters. The maximum absolute atomic E-state index is 14.5. The van der Waals surface area contributed by atoms with Crippen LogP contribution in [0.1, 0.15) is 63.7 Å². The molecule has 2 aliphatic rings. The Kier molecular flexibility index (Phi) is 5.10. The Labute approximate surface area is 263 Å². The van der Waals surface area contributed by atoms with Crippen molar-refractivity contribution in [3.63, 3.8) is 0 Å². The molecule has 6 heteroatoms. The summed E-state index contributed by atoms with van der Waals surface area (Å²) in [6.07, 6.45) is 0. The predicted octanol–water partition coefficient (Wildman–Crippen LogP) is 8.57. The summed E-state index contributed by atoms with van der Waals surface area (Å²) < 4.78 is 0. The van der Waals surface area contributed by atoms with E-state index in [1.807, 2.05) is 94.4 Å². The van der Waals surface area contributed by atoms with E-state index < -0.39 is 0 Å². The second kappa shape index (κ2) is 8.86. The predicted molar refractivity (Wildman–Crippen MR) is 182 cm³/mol. The van der Waals surface area contributed by atoms with Gasteiger partial charge in [-0.2, -0.15) is 0 Å². The Balaban J connectivity index is 1.39. The van der Waals surface area contributed by atoms with Gasteiger partial charge < -0.3 is 0 Å². The molecule has 0 fully saturated rings. The SMILES string of the molecule is Cc1cccc(C)c1N1C(=O)c2ccc3c4cccc5c6cc(c(c7ccc(c2c37)C1=O)c54)C(=O)N(c1c(C)cccc1C)C6=O. The van der Waals surface area contributed by atoms with Gasteiger partial charge in [0.15, 0.2) is 0 Å². The highest BCUT2D eigenvalue weighted by atomic mass is 16.2. The van der Waals surface area contributed by atoms with Crippen LogP contribution < -0.4 is 9.80 Å². The molecule has 7 aromatic carbocycles. The maximum Gasteiger partial charge on any atom is 0.266 e. The van der Waals surface area contributed by atoms with Crippen LogP contribution in [0.25, 0.3) is 43.1 Å². The van der Waals surface area contributed by atoms with Crippen LogP contribution in [0.3, 0.4) is 0 Å². The Bertz CT molecular complexity index is 2550. The van der Waals surface area contributed by atoms with E-state index in [0.717, 1.165) is 60.0 Å². The van der Waals surface area contributed by atoms with Gasteiger partial charge in [-0.05, 0) is 100 Å². The third-order valence-electron chi connectivity index (χ3n) is 9.94. The number of para-hydroxylation sites is 2. The van der Waals surface area contributed by atoms with Gasteiger partial charge >= 0.3 is 0 Å². The third kappa shape index (κ3) is 3.10. The minimum Gasteiger partial charge on any atom is -0.268 e. The summed E-state index contributed by atoms with van der Waals surface area (Å²) in [5, 5.41) is 6.18. The molecule has 4 amide bonds. The number of carbonyl (C=O) groups excluding carboxylic acids is 4. The molecule has 2 bridgehead atoms. The van der Waals surface area contributed by atoms with Crippen molar-refractivity contribution in [2.45, 2.75) is 27.7 Å². The van der Waals surface area contributed by atoms with Crippen molar-refractivity contribution >= 4 is 78.1 Å². The molecule has 9 rings (SSSR count). The van der Waals surface area contributed by atoms with Crippen LogP contribution in [0.2, 0.25) is 0 Å². The van der Waals surface area contributed by atoms with E-state index in [4.69, 9.17) is 0 Å². The largest absolute Gasteiger partial charge is 0.268 e. The van der Waals surface area contributed by atoms with E-state index in [0.29, 0.717) is 39.0 Å². The molecular weight excluding hydrogens is 572 g/mol. The summed E-state index contributed by atoms with van der Waals surface area (Å²) in [6.45, 7) is 7.61. The highest BCUT2D eigenvalue weighted by Gasteiger charge is 2.39. The molecule has 46 heavy (non-hydrogen) atoms. The Morgan fingerprint density at radius 1 is 0.370 bits per heavy atom. The number of nitrogens with zero attached hydrogens (tertiary/aromatic N) is 2. The van der Waals surface area contributed by atoms with Gasteiger partial charge in [-0.25, -0.2) is 9.80 Å². The average Bonchev–Trinajstić information content (AvgIpc) is 3.04. The normalized spacial score (nSPS) is 14.6. The number of fused-ring (bicyclic) bond motifs is 6. The van der Waals surface area contributed by atoms with Crippen LogP contribution in [0.4, 0.5) is 11.4 Å². The number of benzene rings is 7. The fourth-order valence-electron chi connectivity index (χ4n) is 8.00. The van der Waals surface area contributed by atoms with Gasteiger partial charge in [0, 0.05) is 33.0 Å². The zero-order valence-corrected chi connectivity index (χ0v) is 25.6. The van der Waals surface area contributed by atoms with Crippen LogP contribution in [-0.2, 0) is 0 Å². The average molecular weight is 599 g/mol. The number of carbonyl (C=O) groups is 4. The summed E-state index contributed by atoms with van der Waals surface area (Å²) in [7, 11) is 0. The highest BCUT2D eigenvalue weighted by molar-refractivity contribution is 6.46. The van der Waals surface area contributed by atoms with E-state index in [1.165, 1.54) is 9.80 Å². The molecule has 0 aliphatic carbocycles. The number of hydrogen-bond donors (Lipinski definition) is 0. The highest BCUT2D eigenvalue weighted by Crippen LogP contribution is 2.48. The minimum absolute atomic E-state index is 0.350. The van der Waals surface area contributed by atoms with Crippen molar-refractivity contribution in [1.29, 1.82) is 0 Å². The second-order valence-electron chi connectivity index (χ2n) is 12.5. The van der Waals surface area contributed by atoms with Gasteiger partial charge in [-0.1, -0.05) is 66.7 Å². The van der Waals surface area contributed by atoms with Crippen molar-refractivity contribution in [2.75, 3.05) is 9.80 Å². The fraction of sp³-hybridized carbons (Fsp3) is 0.100. The van der Waals surface area contributed by atoms with Gasteiger partial charge in [0.05, 0.1) is 11.4 Å². The minimum atomic E-state index is -0.390. The summed E-state index contributed by atoms with van der Waals surface area (Å²) in [5.74, 6) is -1.49. The zero-order valence-electron chi connectivity index (χ0n) is 25.6. The third-order valence-corrected chi connectivity index (χ3v) is 9.94. The number of aryl methyl sites for hydroxylation is 4. The number of imide groups is 2. The lowest BCUT2D eigenvalue weighted by Gasteiger charge is -2.32. The van der Waals surface area contributed by atoms with Crippen LogP contribution in [0.5, 0.6) is 0 Å². The number of hydrogen-bond acceptors (Lipinski definition) is 4. The Morgan fingerprint density at radius 3 is 1.35 bits per heavy atom. The first-order valence-electron chi connectivity index (χ1n) is 15.3. The van der Waals surface area contributed by atoms with Crippen molar-refractivity contribution in [1.82, 2.24) is 0 Å². The van der Waals surface area contributed by atoms with Crippen molar-refractivity contribution in [3.05, 3.63) is 129 Å². The molecule has 2 heterocycles. The molecular formula is C40H26N2O4. The molecule has 0 saturated carbocycles. The summed E-state index contributed by atoms with van der Waals surface area (Å²) in [4.78, 5) is 59.6. The van der Waals surface area contributed by atoms with Gasteiger partial charge in [0.25, 0.3) is 23.6 Å². The quantitative estimate of drug-likeness (QED) is 0.114. The second-order valence-corrected chi connectivity index (χ2v) is 12.5. The topological polar surface area (TPSA) is 74.8 Å². The first kappa shape index (κ1) is 26.5. The first-order valence-corrected chi connectivity index (χ1v) is 15.3. The first-order chi connectivity index (χ1) is 22.2. The van der Waals surface area contributed by atoms with Crippen LogP contribution >= 0.6 is 0 Å². The van der Waals surface area contributed by atoms with E-state index in [-0.39, 0.29) is 23.6 Å². The Morgan fingerprint density at radius 2 is 0.783 bits per heavy atom. The van der Waals surface area contributed by atoms with Crippen molar-refractivity contribution in [2.24, 2.45) is 0 Å². The maximum atomic E-state index is 14.5. The zero-order chi connectivity index (χ0) is 31.8. The molecule has 2 aliphatic heterocycles. The smallest absolute Gasteiger partial charge is 0.266 e. The fourth-order valence-corrected chi connectivity index (χ4v) is 8.00. The van der Waals surface area contributed by atoms with Gasteiger partial charge in [-0.3, -0.25) is 19.2 Å². The van der Waals surface area contributed by atoms with E-state index in [9.17, 15) is 19.2 Å². The number of rotatable bonds is 2. The summed E-state index contributed by atoms with van der Waals surface area (Å²) >= 11 is 0. The summed E-state index contributed by atoms with van der Waals surface area (Å²) in [5.41, 5.74) is 6.33. The standard InChI is InChI=1S/C40H26N2O4/c1-19-8-5-9-20(2)35(19)41-37(43)27-16-14-25-23-12-7-13-24-29-18-30(40(46)42(39(29)45)36-21(3)10-6-11-22(36)4)33(31(23)24)26-15-17-28(38(41)44)34(27)32(25)26/h5-18H,1-4H3. The Hall–Kier alpha value is -5.88. The number of anilines is 2. The molecule has 0 N–H and O–H groups in total. The molecule has 0 atom stereocenters. The molecule has 0 saturated heterocycles. The number of amides is 4. The van der Waals surface area contributed by atoms with Gasteiger partial charge in [0.1, 0.15) is 0 Å². The van der Waals surface area contributed by atoms with E-state index in [1.54, 1.807) is 18.2 Å². The van der Waals surface area contributed by atoms with Crippen molar-refractivity contribution < 1.29 is 19.2 Å². The molecule has 0 spiro atoms. The van der Waals surface area contributed by atoms with Crippen molar-refractivity contribution in [3.8, 4) is 0 Å².